The first-order chi connectivity index (χ1) is 13.2. The van der Waals surface area contributed by atoms with Crippen LogP contribution in [0.4, 0.5) is 33.7 Å². The lowest BCUT2D eigenvalue weighted by atomic mass is 10.1. The molecule has 0 saturated carbocycles. The van der Waals surface area contributed by atoms with Gasteiger partial charge < -0.3 is 15.5 Å². The van der Waals surface area contributed by atoms with Crippen molar-refractivity contribution in [2.75, 3.05) is 23.3 Å². The van der Waals surface area contributed by atoms with Crippen molar-refractivity contribution in [2.24, 2.45) is 5.92 Å². The summed E-state index contributed by atoms with van der Waals surface area (Å²) in [4.78, 5) is 25.6. The summed E-state index contributed by atoms with van der Waals surface area (Å²) in [5.74, 6) is -0.785. The van der Waals surface area contributed by atoms with E-state index in [1.54, 1.807) is 0 Å². The monoisotopic (exact) mass is 395 g/mol. The van der Waals surface area contributed by atoms with E-state index >= 15 is 0 Å². The molecule has 0 aliphatic carbocycles. The molecule has 0 spiro atoms. The van der Waals surface area contributed by atoms with Gasteiger partial charge in [0.2, 0.25) is 5.91 Å². The molecule has 1 aliphatic heterocycles. The van der Waals surface area contributed by atoms with Crippen molar-refractivity contribution in [3.05, 3.63) is 59.9 Å². The minimum Gasteiger partial charge on any atom is -0.338 e. The quantitative estimate of drug-likeness (QED) is 0.769. The maximum absolute atomic E-state index is 13.0. The number of halogens is 4. The topological polar surface area (TPSA) is 61.4 Å². The molecule has 1 aliphatic rings. The van der Waals surface area contributed by atoms with Crippen LogP contribution < -0.4 is 15.5 Å². The molecule has 1 fully saturated rings. The Morgan fingerprint density at radius 3 is 2.46 bits per heavy atom. The molecule has 2 aromatic rings. The molecule has 0 bridgehead atoms. The Morgan fingerprint density at radius 2 is 1.79 bits per heavy atom. The molecule has 0 unspecified atom stereocenters. The van der Waals surface area contributed by atoms with Gasteiger partial charge >= 0.3 is 12.2 Å². The Bertz CT molecular complexity index is 868. The number of carbonyl (C=O) groups excluding carboxylic acids is 2. The predicted octanol–water partition coefficient (Wildman–Crippen LogP) is 4.02. The van der Waals surface area contributed by atoms with Crippen LogP contribution in [0.5, 0.6) is 0 Å². The first kappa shape index (κ1) is 19.7. The van der Waals surface area contributed by atoms with E-state index in [1.807, 2.05) is 0 Å². The second-order valence-electron chi connectivity index (χ2n) is 6.43. The largest absolute Gasteiger partial charge is 0.418 e. The molecule has 0 aromatic heterocycles. The van der Waals surface area contributed by atoms with Crippen LogP contribution in [0, 0.1) is 11.7 Å². The molecule has 9 heteroatoms. The van der Waals surface area contributed by atoms with Gasteiger partial charge in [-0.15, -0.1) is 0 Å². The van der Waals surface area contributed by atoms with Gasteiger partial charge in [0.05, 0.1) is 11.3 Å². The number of hydrogen-bond acceptors (Lipinski definition) is 2. The second-order valence-corrected chi connectivity index (χ2v) is 6.43. The van der Waals surface area contributed by atoms with Crippen molar-refractivity contribution >= 4 is 23.3 Å². The van der Waals surface area contributed by atoms with E-state index in [9.17, 15) is 27.2 Å². The second kappa shape index (κ2) is 7.87. The molecule has 3 amide bonds. The highest BCUT2D eigenvalue weighted by molar-refractivity contribution is 5.96. The summed E-state index contributed by atoms with van der Waals surface area (Å²) in [6.45, 7) is 0.438. The number of urea groups is 1. The van der Waals surface area contributed by atoms with Crippen LogP contribution >= 0.6 is 0 Å². The molecule has 0 radical (unpaired) electrons. The summed E-state index contributed by atoms with van der Waals surface area (Å²) in [6.07, 6.45) is -4.41. The fourth-order valence-corrected chi connectivity index (χ4v) is 3.03. The molecule has 148 valence electrons. The van der Waals surface area contributed by atoms with E-state index < -0.39 is 23.6 Å². The van der Waals surface area contributed by atoms with E-state index in [4.69, 9.17) is 0 Å². The lowest BCUT2D eigenvalue weighted by molar-refractivity contribution is -0.136. The van der Waals surface area contributed by atoms with Gasteiger partial charge in [-0.3, -0.25) is 4.79 Å². The number of carbonyl (C=O) groups is 2. The van der Waals surface area contributed by atoms with Gasteiger partial charge in [0.25, 0.3) is 0 Å². The third-order valence-electron chi connectivity index (χ3n) is 4.38. The average molecular weight is 395 g/mol. The zero-order valence-corrected chi connectivity index (χ0v) is 14.6. The number of rotatable bonds is 4. The molecule has 1 atom stereocenters. The molecule has 1 heterocycles. The van der Waals surface area contributed by atoms with Crippen molar-refractivity contribution < 1.29 is 27.2 Å². The Kier molecular flexibility index (Phi) is 5.53. The molecular weight excluding hydrogens is 378 g/mol. The first-order valence-electron chi connectivity index (χ1n) is 8.51. The molecular formula is C19H17F4N3O2. The van der Waals surface area contributed by atoms with Gasteiger partial charge in [0, 0.05) is 31.1 Å². The van der Waals surface area contributed by atoms with Crippen LogP contribution in [0.3, 0.4) is 0 Å². The van der Waals surface area contributed by atoms with E-state index in [-0.39, 0.29) is 30.5 Å². The Hall–Kier alpha value is -3.10. The lowest BCUT2D eigenvalue weighted by Crippen LogP contribution is -2.34. The normalized spacial score (nSPS) is 16.9. The minimum atomic E-state index is -4.59. The van der Waals surface area contributed by atoms with Crippen molar-refractivity contribution in [2.45, 2.75) is 12.6 Å². The van der Waals surface area contributed by atoms with Crippen LogP contribution in [0.15, 0.2) is 48.5 Å². The van der Waals surface area contributed by atoms with Crippen LogP contribution in [-0.2, 0) is 11.0 Å². The number of amides is 3. The molecule has 5 nitrogen and oxygen atoms in total. The van der Waals surface area contributed by atoms with Gasteiger partial charge in [-0.05, 0) is 36.4 Å². The zero-order valence-electron chi connectivity index (χ0n) is 14.6. The highest BCUT2D eigenvalue weighted by Crippen LogP contribution is 2.34. The number of nitrogens with one attached hydrogen (secondary N) is 2. The fraction of sp³-hybridized carbons (Fsp3) is 0.263. The number of anilines is 2. The summed E-state index contributed by atoms with van der Waals surface area (Å²) in [5.41, 5.74) is -0.732. The fourth-order valence-electron chi connectivity index (χ4n) is 3.03. The summed E-state index contributed by atoms with van der Waals surface area (Å²) in [5, 5.41) is 4.69. The van der Waals surface area contributed by atoms with Crippen LogP contribution in [0.2, 0.25) is 0 Å². The maximum Gasteiger partial charge on any atom is 0.418 e. The van der Waals surface area contributed by atoms with Crippen molar-refractivity contribution in [1.29, 1.82) is 0 Å². The number of hydrogen-bond donors (Lipinski definition) is 2. The van der Waals surface area contributed by atoms with E-state index in [2.05, 4.69) is 10.6 Å². The highest BCUT2D eigenvalue weighted by Gasteiger charge is 2.34. The third-order valence-corrected chi connectivity index (χ3v) is 4.38. The standard InChI is InChI=1S/C19H17F4N3O2/c20-13-5-7-14(8-6-13)26-11-12(9-17(26)27)10-24-18(28)25-16-4-2-1-3-15(16)19(21,22)23/h1-8,12H,9-11H2,(H2,24,25,28)/t12-/m1/s1. The van der Waals surface area contributed by atoms with Crippen molar-refractivity contribution in [1.82, 2.24) is 5.32 Å². The maximum atomic E-state index is 13.0. The SMILES string of the molecule is O=C(NC[C@H]1CC(=O)N(c2ccc(F)cc2)C1)Nc1ccccc1C(F)(F)F. The number of para-hydroxylation sites is 1. The summed E-state index contributed by atoms with van der Waals surface area (Å²) < 4.78 is 51.9. The number of alkyl halides is 3. The summed E-state index contributed by atoms with van der Waals surface area (Å²) in [6, 6.07) is 9.36. The van der Waals surface area contributed by atoms with Gasteiger partial charge in [-0.1, -0.05) is 12.1 Å². The molecule has 2 aromatic carbocycles. The third kappa shape index (κ3) is 4.59. The van der Waals surface area contributed by atoms with E-state index in [1.165, 1.54) is 41.3 Å². The van der Waals surface area contributed by atoms with Crippen LogP contribution in [0.25, 0.3) is 0 Å². The predicted molar refractivity (Wildman–Crippen MR) is 95.3 cm³/mol. The van der Waals surface area contributed by atoms with Gasteiger partial charge in [-0.25, -0.2) is 9.18 Å². The van der Waals surface area contributed by atoms with E-state index in [0.717, 1.165) is 12.1 Å². The van der Waals surface area contributed by atoms with Crippen LogP contribution in [-0.4, -0.2) is 25.0 Å². The van der Waals surface area contributed by atoms with Crippen LogP contribution in [0.1, 0.15) is 12.0 Å². The van der Waals surface area contributed by atoms with Gasteiger partial charge in [-0.2, -0.15) is 13.2 Å². The smallest absolute Gasteiger partial charge is 0.338 e. The molecule has 2 N–H and O–H groups in total. The highest BCUT2D eigenvalue weighted by atomic mass is 19.4. The molecule has 28 heavy (non-hydrogen) atoms. The number of nitrogens with zero attached hydrogens (tertiary/aromatic N) is 1. The zero-order chi connectivity index (χ0) is 20.3. The minimum absolute atomic E-state index is 0.115. The summed E-state index contributed by atoms with van der Waals surface area (Å²) in [7, 11) is 0. The van der Waals surface area contributed by atoms with Gasteiger partial charge in [0.15, 0.2) is 0 Å². The average Bonchev–Trinajstić information content (AvgIpc) is 3.01. The molecule has 1 saturated heterocycles. The van der Waals surface area contributed by atoms with Gasteiger partial charge in [0.1, 0.15) is 5.82 Å². The Morgan fingerprint density at radius 1 is 1.11 bits per heavy atom. The molecule has 3 rings (SSSR count). The number of benzene rings is 2. The first-order valence-corrected chi connectivity index (χ1v) is 8.51. The Balaban J connectivity index is 1.56. The van der Waals surface area contributed by atoms with Crippen molar-refractivity contribution in [3.8, 4) is 0 Å². The van der Waals surface area contributed by atoms with Crippen molar-refractivity contribution in [3.63, 3.8) is 0 Å². The lowest BCUT2D eigenvalue weighted by Gasteiger charge is -2.17. The Labute approximate surface area is 158 Å². The van der Waals surface area contributed by atoms with E-state index in [0.29, 0.717) is 12.2 Å². The summed E-state index contributed by atoms with van der Waals surface area (Å²) >= 11 is 0.